The molecule has 1 heterocycles. The lowest BCUT2D eigenvalue weighted by Gasteiger charge is -2.23. The number of halogens is 1. The Morgan fingerprint density at radius 1 is 1.20 bits per heavy atom. The molecular formula is C21H19FN4O4. The number of nitrogens with zero attached hydrogens (tertiary/aromatic N) is 3. The minimum Gasteiger partial charge on any atom is -0.449 e. The maximum atomic E-state index is 13.3. The van der Waals surface area contributed by atoms with Crippen molar-refractivity contribution in [1.29, 1.82) is 0 Å². The van der Waals surface area contributed by atoms with Crippen molar-refractivity contribution in [3.05, 3.63) is 82.2 Å². The number of pyridine rings is 1. The molecule has 2 N–H and O–H groups in total. The van der Waals surface area contributed by atoms with E-state index in [1.165, 1.54) is 30.3 Å². The van der Waals surface area contributed by atoms with Gasteiger partial charge in [0.2, 0.25) is 5.82 Å². The molecule has 1 amide bonds. The maximum Gasteiger partial charge on any atom is 0.414 e. The fourth-order valence-corrected chi connectivity index (χ4v) is 2.92. The number of nitro groups is 1. The molecule has 9 heteroatoms. The van der Waals surface area contributed by atoms with Crippen LogP contribution in [0.25, 0.3) is 11.3 Å². The number of nitrogens with two attached hydrogens (primary N) is 1. The minimum atomic E-state index is -0.764. The van der Waals surface area contributed by atoms with E-state index in [9.17, 15) is 19.3 Å². The molecule has 3 aromatic rings. The Kier molecular flexibility index (Phi) is 6.21. The van der Waals surface area contributed by atoms with Gasteiger partial charge in [0, 0.05) is 5.56 Å². The second-order valence-corrected chi connectivity index (χ2v) is 6.30. The zero-order valence-corrected chi connectivity index (χ0v) is 16.1. The van der Waals surface area contributed by atoms with Crippen LogP contribution in [0.2, 0.25) is 0 Å². The van der Waals surface area contributed by atoms with Crippen LogP contribution in [-0.2, 0) is 11.3 Å². The van der Waals surface area contributed by atoms with Crippen LogP contribution in [0.5, 0.6) is 0 Å². The van der Waals surface area contributed by atoms with Crippen LogP contribution in [-0.4, -0.2) is 22.6 Å². The van der Waals surface area contributed by atoms with E-state index in [0.29, 0.717) is 5.56 Å². The summed E-state index contributed by atoms with van der Waals surface area (Å²) in [4.78, 5) is 29.0. The Morgan fingerprint density at radius 3 is 2.47 bits per heavy atom. The third-order valence-electron chi connectivity index (χ3n) is 4.28. The Morgan fingerprint density at radius 2 is 1.87 bits per heavy atom. The first-order valence-corrected chi connectivity index (χ1v) is 9.09. The van der Waals surface area contributed by atoms with E-state index in [2.05, 4.69) is 4.98 Å². The molecule has 0 fully saturated rings. The van der Waals surface area contributed by atoms with Gasteiger partial charge >= 0.3 is 11.8 Å². The predicted molar refractivity (Wildman–Crippen MR) is 110 cm³/mol. The van der Waals surface area contributed by atoms with Crippen molar-refractivity contribution >= 4 is 23.3 Å². The van der Waals surface area contributed by atoms with Crippen molar-refractivity contribution in [3.8, 4) is 11.3 Å². The van der Waals surface area contributed by atoms with Crippen LogP contribution in [0, 0.1) is 15.9 Å². The molecule has 0 atom stereocenters. The molecular weight excluding hydrogens is 391 g/mol. The monoisotopic (exact) mass is 410 g/mol. The number of ether oxygens (including phenoxy) is 1. The number of rotatable bonds is 6. The largest absolute Gasteiger partial charge is 0.449 e. The summed E-state index contributed by atoms with van der Waals surface area (Å²) in [6.45, 7) is 1.74. The van der Waals surface area contributed by atoms with E-state index in [0.717, 1.165) is 10.5 Å². The van der Waals surface area contributed by atoms with Crippen LogP contribution in [0.1, 0.15) is 12.5 Å². The highest BCUT2D eigenvalue weighted by Gasteiger charge is 2.30. The van der Waals surface area contributed by atoms with Gasteiger partial charge in [-0.05, 0) is 42.8 Å². The molecule has 0 bridgehead atoms. The zero-order chi connectivity index (χ0) is 21.7. The first-order valence-electron chi connectivity index (χ1n) is 9.09. The third kappa shape index (κ3) is 4.52. The van der Waals surface area contributed by atoms with Crippen molar-refractivity contribution in [2.75, 3.05) is 17.2 Å². The van der Waals surface area contributed by atoms with Gasteiger partial charge < -0.3 is 10.5 Å². The lowest BCUT2D eigenvalue weighted by molar-refractivity contribution is -0.383. The van der Waals surface area contributed by atoms with Crippen molar-refractivity contribution in [1.82, 2.24) is 4.98 Å². The summed E-state index contributed by atoms with van der Waals surface area (Å²) >= 11 is 0. The normalized spacial score (nSPS) is 10.5. The second kappa shape index (κ2) is 8.99. The highest BCUT2D eigenvalue weighted by molar-refractivity contribution is 5.93. The van der Waals surface area contributed by atoms with Crippen LogP contribution in [0.4, 0.5) is 26.4 Å². The standard InChI is InChI=1S/C21H19FN4O4/c1-2-30-21(27)25(13-14-6-4-3-5-7-14)18-12-17(15-8-10-16(22)11-9-15)24-20(23)19(18)26(28)29/h3-12H,2,13H2,1H3,(H2,23,24). The van der Waals surface area contributed by atoms with Crippen LogP contribution in [0.3, 0.4) is 0 Å². The molecule has 0 saturated heterocycles. The van der Waals surface area contributed by atoms with E-state index in [1.807, 2.05) is 6.07 Å². The molecule has 3 rings (SSSR count). The van der Waals surface area contributed by atoms with E-state index in [4.69, 9.17) is 10.5 Å². The van der Waals surface area contributed by atoms with Gasteiger partial charge in [0.05, 0.1) is 23.8 Å². The number of hydrogen-bond donors (Lipinski definition) is 1. The van der Waals surface area contributed by atoms with Gasteiger partial charge in [0.15, 0.2) is 0 Å². The van der Waals surface area contributed by atoms with E-state index < -0.39 is 22.5 Å². The highest BCUT2D eigenvalue weighted by atomic mass is 19.1. The second-order valence-electron chi connectivity index (χ2n) is 6.30. The van der Waals surface area contributed by atoms with Crippen LogP contribution in [0.15, 0.2) is 60.7 Å². The van der Waals surface area contributed by atoms with Crippen LogP contribution >= 0.6 is 0 Å². The summed E-state index contributed by atoms with van der Waals surface area (Å²) < 4.78 is 18.4. The van der Waals surface area contributed by atoms with Gasteiger partial charge in [-0.15, -0.1) is 0 Å². The molecule has 1 aromatic heterocycles. The van der Waals surface area contributed by atoms with E-state index in [-0.39, 0.29) is 30.4 Å². The van der Waals surface area contributed by atoms with Gasteiger partial charge in [-0.2, -0.15) is 0 Å². The quantitative estimate of drug-likeness (QED) is 0.472. The molecule has 0 aliphatic carbocycles. The zero-order valence-electron chi connectivity index (χ0n) is 16.1. The minimum absolute atomic E-state index is 0.0207. The Labute approximate surface area is 171 Å². The fourth-order valence-electron chi connectivity index (χ4n) is 2.92. The van der Waals surface area contributed by atoms with Gasteiger partial charge in [-0.25, -0.2) is 14.2 Å². The molecule has 0 radical (unpaired) electrons. The molecule has 8 nitrogen and oxygen atoms in total. The maximum absolute atomic E-state index is 13.3. The first-order chi connectivity index (χ1) is 14.4. The number of carbonyl (C=O) groups excluding carboxylic acids is 1. The summed E-state index contributed by atoms with van der Waals surface area (Å²) in [5.41, 5.74) is 6.80. The number of anilines is 2. The SMILES string of the molecule is CCOC(=O)N(Cc1ccccc1)c1cc(-c2ccc(F)cc2)nc(N)c1[N+](=O)[O-]. The molecule has 0 aliphatic rings. The first kappa shape index (κ1) is 20.7. The lowest BCUT2D eigenvalue weighted by atomic mass is 10.1. The average molecular weight is 410 g/mol. The highest BCUT2D eigenvalue weighted by Crippen LogP contribution is 2.37. The molecule has 0 aliphatic heterocycles. The molecule has 154 valence electrons. The summed E-state index contributed by atoms with van der Waals surface area (Å²) in [6.07, 6.45) is -0.764. The third-order valence-corrected chi connectivity index (χ3v) is 4.28. The van der Waals surface area contributed by atoms with Crippen molar-refractivity contribution in [2.45, 2.75) is 13.5 Å². The number of hydrogen-bond acceptors (Lipinski definition) is 6. The topological polar surface area (TPSA) is 112 Å². The summed E-state index contributed by atoms with van der Waals surface area (Å²) in [6, 6.07) is 15.8. The van der Waals surface area contributed by atoms with E-state index >= 15 is 0 Å². The predicted octanol–water partition coefficient (Wildman–Crippen LogP) is 4.54. The fraction of sp³-hybridized carbons (Fsp3) is 0.143. The van der Waals surface area contributed by atoms with Crippen LogP contribution < -0.4 is 10.6 Å². The van der Waals surface area contributed by atoms with Crippen molar-refractivity contribution in [2.24, 2.45) is 0 Å². The van der Waals surface area contributed by atoms with Crippen molar-refractivity contribution < 1.29 is 18.8 Å². The Balaban J connectivity index is 2.17. The number of carbonyl (C=O) groups is 1. The molecule has 2 aromatic carbocycles. The molecule has 0 saturated carbocycles. The molecule has 0 spiro atoms. The van der Waals surface area contributed by atoms with Gasteiger partial charge in [0.25, 0.3) is 0 Å². The summed E-state index contributed by atoms with van der Waals surface area (Å²) in [5, 5.41) is 11.7. The van der Waals surface area contributed by atoms with Gasteiger partial charge in [-0.1, -0.05) is 30.3 Å². The average Bonchev–Trinajstić information content (AvgIpc) is 2.72. The number of nitrogen functional groups attached to an aromatic ring is 1. The summed E-state index contributed by atoms with van der Waals surface area (Å²) in [5.74, 6) is -0.801. The smallest absolute Gasteiger partial charge is 0.414 e. The van der Waals surface area contributed by atoms with Gasteiger partial charge in [0.1, 0.15) is 11.5 Å². The molecule has 0 unspecified atom stereocenters. The Bertz CT molecular complexity index is 1060. The number of amides is 1. The van der Waals surface area contributed by atoms with Gasteiger partial charge in [-0.3, -0.25) is 15.0 Å². The summed E-state index contributed by atoms with van der Waals surface area (Å²) in [7, 11) is 0. The number of aromatic nitrogens is 1. The molecule has 30 heavy (non-hydrogen) atoms. The van der Waals surface area contributed by atoms with Crippen molar-refractivity contribution in [3.63, 3.8) is 0 Å². The number of benzene rings is 2. The lowest BCUT2D eigenvalue weighted by Crippen LogP contribution is -2.32. The Hall–Kier alpha value is -4.01. The van der Waals surface area contributed by atoms with E-state index in [1.54, 1.807) is 31.2 Å².